The van der Waals surface area contributed by atoms with Gasteiger partial charge in [-0.15, -0.1) is 0 Å². The van der Waals surface area contributed by atoms with Gasteiger partial charge in [0, 0.05) is 19.7 Å². The van der Waals surface area contributed by atoms with Gasteiger partial charge in [-0.05, 0) is 31.4 Å². The number of rotatable bonds is 5. The summed E-state index contributed by atoms with van der Waals surface area (Å²) in [4.78, 5) is 2.14. The highest BCUT2D eigenvalue weighted by molar-refractivity contribution is 5.35. The Kier molecular flexibility index (Phi) is 3.80. The Balaban J connectivity index is 2.59. The first-order valence-electron chi connectivity index (χ1n) is 5.42. The molecule has 0 atom stereocenters. The van der Waals surface area contributed by atoms with E-state index in [4.69, 9.17) is 10.2 Å². The zero-order valence-corrected chi connectivity index (χ0v) is 10.2. The minimum atomic E-state index is 0.226. The van der Waals surface area contributed by atoms with E-state index in [-0.39, 0.29) is 5.41 Å². The molecule has 3 heteroatoms. The first-order valence-corrected chi connectivity index (χ1v) is 5.42. The fourth-order valence-corrected chi connectivity index (χ4v) is 1.82. The summed E-state index contributed by atoms with van der Waals surface area (Å²) < 4.78 is 5.56. The molecule has 0 aliphatic heterocycles. The summed E-state index contributed by atoms with van der Waals surface area (Å²) in [6.45, 7) is 8.11. The zero-order valence-electron chi connectivity index (χ0n) is 10.2. The molecule has 3 nitrogen and oxygen atoms in total. The number of anilines is 1. The summed E-state index contributed by atoms with van der Waals surface area (Å²) in [5, 5.41) is 0. The lowest BCUT2D eigenvalue weighted by atomic mass is 9.89. The van der Waals surface area contributed by atoms with Crippen molar-refractivity contribution < 1.29 is 4.42 Å². The van der Waals surface area contributed by atoms with Gasteiger partial charge in [-0.1, -0.05) is 13.8 Å². The van der Waals surface area contributed by atoms with Crippen LogP contribution in [0.2, 0.25) is 0 Å². The molecular weight excluding hydrogens is 188 g/mol. The molecule has 0 saturated carbocycles. The molecular formula is C12H22N2O. The minimum absolute atomic E-state index is 0.226. The number of aryl methyl sites for hydroxylation is 1. The van der Waals surface area contributed by atoms with E-state index in [2.05, 4.69) is 25.8 Å². The van der Waals surface area contributed by atoms with Gasteiger partial charge in [0.2, 0.25) is 0 Å². The Morgan fingerprint density at radius 1 is 1.40 bits per heavy atom. The molecule has 86 valence electrons. The topological polar surface area (TPSA) is 42.4 Å². The van der Waals surface area contributed by atoms with Crippen LogP contribution in [0.15, 0.2) is 16.5 Å². The molecule has 2 N–H and O–H groups in total. The highest BCUT2D eigenvalue weighted by Crippen LogP contribution is 2.24. The van der Waals surface area contributed by atoms with Gasteiger partial charge in [-0.25, -0.2) is 0 Å². The lowest BCUT2D eigenvalue weighted by Gasteiger charge is -2.29. The van der Waals surface area contributed by atoms with E-state index in [1.165, 1.54) is 0 Å². The molecule has 0 aliphatic carbocycles. The van der Waals surface area contributed by atoms with Crippen molar-refractivity contribution in [3.8, 4) is 0 Å². The Bertz CT molecular complexity index is 304. The van der Waals surface area contributed by atoms with Gasteiger partial charge in [-0.3, -0.25) is 0 Å². The maximum Gasteiger partial charge on any atom is 0.195 e. The van der Waals surface area contributed by atoms with Gasteiger partial charge < -0.3 is 15.1 Å². The Labute approximate surface area is 92.2 Å². The van der Waals surface area contributed by atoms with Crippen molar-refractivity contribution in [2.75, 3.05) is 25.0 Å². The first-order chi connectivity index (χ1) is 6.94. The lowest BCUT2D eigenvalue weighted by molar-refractivity contribution is 0.340. The summed E-state index contributed by atoms with van der Waals surface area (Å²) in [7, 11) is 2.05. The van der Waals surface area contributed by atoms with Gasteiger partial charge in [0.25, 0.3) is 0 Å². The van der Waals surface area contributed by atoms with Crippen LogP contribution in [0.25, 0.3) is 0 Å². The lowest BCUT2D eigenvalue weighted by Crippen LogP contribution is -2.32. The maximum atomic E-state index is 5.59. The fraction of sp³-hybridized carbons (Fsp3) is 0.667. The number of hydrogen-bond donors (Lipinski definition) is 1. The average molecular weight is 210 g/mol. The van der Waals surface area contributed by atoms with Crippen molar-refractivity contribution in [3.05, 3.63) is 17.9 Å². The molecule has 0 spiro atoms. The molecule has 1 aromatic heterocycles. The largest absolute Gasteiger partial charge is 0.446 e. The van der Waals surface area contributed by atoms with Crippen molar-refractivity contribution in [2.45, 2.75) is 27.2 Å². The van der Waals surface area contributed by atoms with Crippen LogP contribution in [-0.4, -0.2) is 20.1 Å². The summed E-state index contributed by atoms with van der Waals surface area (Å²) in [6.07, 6.45) is 1.02. The van der Waals surface area contributed by atoms with Crippen LogP contribution in [0.4, 0.5) is 5.88 Å². The molecule has 0 aliphatic rings. The summed E-state index contributed by atoms with van der Waals surface area (Å²) in [5.41, 5.74) is 5.82. The number of furan rings is 1. The third-order valence-electron chi connectivity index (χ3n) is 2.59. The van der Waals surface area contributed by atoms with Crippen LogP contribution >= 0.6 is 0 Å². The van der Waals surface area contributed by atoms with Crippen molar-refractivity contribution in [1.29, 1.82) is 0 Å². The van der Waals surface area contributed by atoms with E-state index < -0.39 is 0 Å². The van der Waals surface area contributed by atoms with Crippen LogP contribution in [0, 0.1) is 12.3 Å². The van der Waals surface area contributed by atoms with Crippen LogP contribution < -0.4 is 10.6 Å². The van der Waals surface area contributed by atoms with Gasteiger partial charge in [-0.2, -0.15) is 0 Å². The second-order valence-electron chi connectivity index (χ2n) is 4.94. The first kappa shape index (κ1) is 12.1. The van der Waals surface area contributed by atoms with Crippen LogP contribution in [-0.2, 0) is 0 Å². The second kappa shape index (κ2) is 4.71. The van der Waals surface area contributed by atoms with Crippen molar-refractivity contribution in [1.82, 2.24) is 0 Å². The van der Waals surface area contributed by atoms with E-state index in [1.807, 2.05) is 19.1 Å². The van der Waals surface area contributed by atoms with E-state index in [9.17, 15) is 0 Å². The van der Waals surface area contributed by atoms with E-state index in [1.54, 1.807) is 0 Å². The van der Waals surface area contributed by atoms with Crippen LogP contribution in [0.3, 0.4) is 0 Å². The molecule has 0 aromatic carbocycles. The Morgan fingerprint density at radius 2 is 2.07 bits per heavy atom. The molecule has 1 heterocycles. The molecule has 1 aromatic rings. The Hall–Kier alpha value is -0.960. The van der Waals surface area contributed by atoms with Crippen LogP contribution in [0.5, 0.6) is 0 Å². The Morgan fingerprint density at radius 3 is 2.53 bits per heavy atom. The molecule has 0 radical (unpaired) electrons. The summed E-state index contributed by atoms with van der Waals surface area (Å²) in [6, 6.07) is 4.00. The maximum absolute atomic E-state index is 5.59. The predicted octanol–water partition coefficient (Wildman–Crippen LogP) is 2.40. The van der Waals surface area contributed by atoms with Gasteiger partial charge in [0.15, 0.2) is 5.88 Å². The van der Waals surface area contributed by atoms with Crippen LogP contribution in [0.1, 0.15) is 26.0 Å². The SMILES string of the molecule is Cc1ccc(N(C)CC(C)(C)CCN)o1. The van der Waals surface area contributed by atoms with Crippen molar-refractivity contribution in [3.63, 3.8) is 0 Å². The van der Waals surface area contributed by atoms with E-state index >= 15 is 0 Å². The highest BCUT2D eigenvalue weighted by Gasteiger charge is 2.20. The van der Waals surface area contributed by atoms with Gasteiger partial charge >= 0.3 is 0 Å². The number of nitrogens with two attached hydrogens (primary N) is 1. The number of nitrogens with zero attached hydrogens (tertiary/aromatic N) is 1. The fourth-order valence-electron chi connectivity index (χ4n) is 1.82. The van der Waals surface area contributed by atoms with Crippen molar-refractivity contribution in [2.24, 2.45) is 11.1 Å². The third kappa shape index (κ3) is 3.59. The quantitative estimate of drug-likeness (QED) is 0.811. The van der Waals surface area contributed by atoms with Crippen molar-refractivity contribution >= 4 is 5.88 Å². The molecule has 15 heavy (non-hydrogen) atoms. The summed E-state index contributed by atoms with van der Waals surface area (Å²) in [5.74, 6) is 1.88. The molecule has 0 amide bonds. The summed E-state index contributed by atoms with van der Waals surface area (Å²) >= 11 is 0. The van der Waals surface area contributed by atoms with Gasteiger partial charge in [0.1, 0.15) is 5.76 Å². The minimum Gasteiger partial charge on any atom is -0.446 e. The zero-order chi connectivity index (χ0) is 11.5. The third-order valence-corrected chi connectivity index (χ3v) is 2.59. The standard InChI is InChI=1S/C12H22N2O/c1-10-5-6-11(15-10)14(4)9-12(2,3)7-8-13/h5-6H,7-9,13H2,1-4H3. The second-order valence-corrected chi connectivity index (χ2v) is 4.94. The average Bonchev–Trinajstić information content (AvgIpc) is 2.50. The van der Waals surface area contributed by atoms with Gasteiger partial charge in [0.05, 0.1) is 0 Å². The number of hydrogen-bond acceptors (Lipinski definition) is 3. The molecule has 1 rings (SSSR count). The molecule has 0 saturated heterocycles. The molecule has 0 unspecified atom stereocenters. The highest BCUT2D eigenvalue weighted by atomic mass is 16.4. The van der Waals surface area contributed by atoms with E-state index in [0.29, 0.717) is 0 Å². The predicted molar refractivity (Wildman–Crippen MR) is 64.2 cm³/mol. The molecule has 0 fully saturated rings. The monoisotopic (exact) mass is 210 g/mol. The molecule has 0 bridgehead atoms. The smallest absolute Gasteiger partial charge is 0.195 e. The van der Waals surface area contributed by atoms with E-state index in [0.717, 1.165) is 31.2 Å². The normalized spacial score (nSPS) is 11.8.